The molecule has 0 saturated carbocycles. The molecule has 13 heavy (non-hydrogen) atoms. The highest BCUT2D eigenvalue weighted by Gasteiger charge is 2.18. The van der Waals surface area contributed by atoms with Crippen molar-refractivity contribution in [1.29, 1.82) is 0 Å². The lowest BCUT2D eigenvalue weighted by atomic mass is 10.2. The normalized spacial score (nSPS) is 20.2. The summed E-state index contributed by atoms with van der Waals surface area (Å²) in [7, 11) is 0. The highest BCUT2D eigenvalue weighted by atomic mass is 16.4. The molecule has 0 radical (unpaired) electrons. The zero-order valence-corrected chi connectivity index (χ0v) is 6.90. The van der Waals surface area contributed by atoms with E-state index in [2.05, 4.69) is 15.7 Å². The predicted octanol–water partition coefficient (Wildman–Crippen LogP) is -0.0552. The summed E-state index contributed by atoms with van der Waals surface area (Å²) >= 11 is 0. The molecular formula is C7H10N4O2. The number of aromatic nitrogens is 2. The first-order valence-electron chi connectivity index (χ1n) is 4.01. The van der Waals surface area contributed by atoms with Gasteiger partial charge in [0.1, 0.15) is 5.82 Å². The summed E-state index contributed by atoms with van der Waals surface area (Å²) in [6, 6.07) is 1.75. The topological polar surface area (TPSA) is 79.2 Å². The third-order valence-corrected chi connectivity index (χ3v) is 1.97. The maximum Gasteiger partial charge on any atom is 0.405 e. The van der Waals surface area contributed by atoms with Crippen LogP contribution in [0.15, 0.2) is 12.3 Å². The average Bonchev–Trinajstić information content (AvgIpc) is 2.49. The Kier molecular flexibility index (Phi) is 1.80. The van der Waals surface area contributed by atoms with Gasteiger partial charge in [-0.2, -0.15) is 5.10 Å². The quantitative estimate of drug-likeness (QED) is 0.568. The number of hydrogen-bond donors (Lipinski definition) is 3. The molecule has 3 N–H and O–H groups in total. The Morgan fingerprint density at radius 3 is 3.46 bits per heavy atom. The SMILES string of the molecule is O=C(O)NC1CNc2ccnn2C1. The zero-order valence-electron chi connectivity index (χ0n) is 6.90. The summed E-state index contributed by atoms with van der Waals surface area (Å²) in [5, 5.41) is 18.0. The van der Waals surface area contributed by atoms with Gasteiger partial charge < -0.3 is 15.7 Å². The van der Waals surface area contributed by atoms with E-state index in [1.807, 2.05) is 6.07 Å². The molecule has 6 heteroatoms. The molecule has 0 aliphatic carbocycles. The van der Waals surface area contributed by atoms with Crippen LogP contribution in [0.25, 0.3) is 0 Å². The average molecular weight is 182 g/mol. The van der Waals surface area contributed by atoms with E-state index in [4.69, 9.17) is 5.11 Å². The highest BCUT2D eigenvalue weighted by molar-refractivity contribution is 5.65. The first-order valence-corrected chi connectivity index (χ1v) is 4.01. The second-order valence-corrected chi connectivity index (χ2v) is 2.93. The lowest BCUT2D eigenvalue weighted by Crippen LogP contribution is -2.45. The second kappa shape index (κ2) is 2.96. The van der Waals surface area contributed by atoms with Gasteiger partial charge >= 0.3 is 6.09 Å². The van der Waals surface area contributed by atoms with Crippen molar-refractivity contribution >= 4 is 11.9 Å². The number of carbonyl (C=O) groups is 1. The van der Waals surface area contributed by atoms with Crippen LogP contribution in [0.5, 0.6) is 0 Å². The molecule has 0 spiro atoms. The number of nitrogens with one attached hydrogen (secondary N) is 2. The summed E-state index contributed by atoms with van der Waals surface area (Å²) in [5.74, 6) is 0.934. The molecule has 1 aliphatic heterocycles. The molecule has 0 bridgehead atoms. The smallest absolute Gasteiger partial charge is 0.405 e. The van der Waals surface area contributed by atoms with Crippen molar-refractivity contribution in [2.45, 2.75) is 12.6 Å². The van der Waals surface area contributed by atoms with Crippen molar-refractivity contribution in [2.75, 3.05) is 11.9 Å². The van der Waals surface area contributed by atoms with Crippen LogP contribution in [0.3, 0.4) is 0 Å². The van der Waals surface area contributed by atoms with Crippen LogP contribution in [0.1, 0.15) is 0 Å². The molecule has 1 aromatic heterocycles. The first kappa shape index (κ1) is 7.90. The van der Waals surface area contributed by atoms with E-state index in [1.165, 1.54) is 0 Å². The Morgan fingerprint density at radius 2 is 2.69 bits per heavy atom. The molecule has 1 aromatic rings. The second-order valence-electron chi connectivity index (χ2n) is 2.93. The van der Waals surface area contributed by atoms with Crippen LogP contribution in [-0.4, -0.2) is 33.6 Å². The van der Waals surface area contributed by atoms with Crippen molar-refractivity contribution < 1.29 is 9.90 Å². The summed E-state index contributed by atoms with van der Waals surface area (Å²) < 4.78 is 1.74. The summed E-state index contributed by atoms with van der Waals surface area (Å²) in [6.07, 6.45) is 0.688. The number of rotatable bonds is 1. The van der Waals surface area contributed by atoms with Crippen LogP contribution < -0.4 is 10.6 Å². The van der Waals surface area contributed by atoms with Crippen LogP contribution in [-0.2, 0) is 6.54 Å². The number of anilines is 1. The molecule has 0 fully saturated rings. The van der Waals surface area contributed by atoms with E-state index >= 15 is 0 Å². The lowest BCUT2D eigenvalue weighted by molar-refractivity contribution is 0.188. The fourth-order valence-corrected chi connectivity index (χ4v) is 1.40. The third kappa shape index (κ3) is 1.56. The fraction of sp³-hybridized carbons (Fsp3) is 0.429. The van der Waals surface area contributed by atoms with Crippen molar-refractivity contribution in [3.05, 3.63) is 12.3 Å². The van der Waals surface area contributed by atoms with E-state index in [0.717, 1.165) is 5.82 Å². The minimum absolute atomic E-state index is 0.107. The minimum atomic E-state index is -0.998. The van der Waals surface area contributed by atoms with Crippen LogP contribution in [0, 0.1) is 0 Å². The Hall–Kier alpha value is -1.72. The fourth-order valence-electron chi connectivity index (χ4n) is 1.40. The van der Waals surface area contributed by atoms with Gasteiger partial charge in [0.05, 0.1) is 18.8 Å². The van der Waals surface area contributed by atoms with Crippen molar-refractivity contribution in [3.8, 4) is 0 Å². The molecule has 1 amide bonds. The number of carboxylic acid groups (broad SMARTS) is 1. The molecule has 0 aromatic carbocycles. The molecule has 1 unspecified atom stereocenters. The number of hydrogen-bond acceptors (Lipinski definition) is 3. The molecule has 0 saturated heterocycles. The Morgan fingerprint density at radius 1 is 1.85 bits per heavy atom. The molecule has 70 valence electrons. The van der Waals surface area contributed by atoms with E-state index in [0.29, 0.717) is 13.1 Å². The largest absolute Gasteiger partial charge is 0.465 e. The molecular weight excluding hydrogens is 172 g/mol. The zero-order chi connectivity index (χ0) is 9.26. The van der Waals surface area contributed by atoms with Gasteiger partial charge in [-0.15, -0.1) is 0 Å². The van der Waals surface area contributed by atoms with Crippen molar-refractivity contribution in [2.24, 2.45) is 0 Å². The van der Waals surface area contributed by atoms with Crippen LogP contribution in [0.4, 0.5) is 10.6 Å². The van der Waals surface area contributed by atoms with Gasteiger partial charge in [-0.3, -0.25) is 0 Å². The maximum absolute atomic E-state index is 10.3. The monoisotopic (exact) mass is 182 g/mol. The Balaban J connectivity index is 2.04. The van der Waals surface area contributed by atoms with E-state index in [-0.39, 0.29) is 6.04 Å². The van der Waals surface area contributed by atoms with Crippen molar-refractivity contribution in [3.63, 3.8) is 0 Å². The minimum Gasteiger partial charge on any atom is -0.465 e. The molecule has 1 aliphatic rings. The van der Waals surface area contributed by atoms with Gasteiger partial charge in [0.15, 0.2) is 0 Å². The van der Waals surface area contributed by atoms with E-state index < -0.39 is 6.09 Å². The molecule has 6 nitrogen and oxygen atoms in total. The number of nitrogens with zero attached hydrogens (tertiary/aromatic N) is 2. The maximum atomic E-state index is 10.3. The highest BCUT2D eigenvalue weighted by Crippen LogP contribution is 2.11. The molecule has 2 rings (SSSR count). The first-order chi connectivity index (χ1) is 6.25. The molecule has 2 heterocycles. The van der Waals surface area contributed by atoms with Gasteiger partial charge in [-0.1, -0.05) is 0 Å². The summed E-state index contributed by atoms with van der Waals surface area (Å²) in [4.78, 5) is 10.3. The number of amides is 1. The third-order valence-electron chi connectivity index (χ3n) is 1.97. The lowest BCUT2D eigenvalue weighted by Gasteiger charge is -2.24. The van der Waals surface area contributed by atoms with Crippen LogP contribution in [0.2, 0.25) is 0 Å². The van der Waals surface area contributed by atoms with Gasteiger partial charge in [0, 0.05) is 12.6 Å². The molecule has 1 atom stereocenters. The van der Waals surface area contributed by atoms with Gasteiger partial charge in [0.25, 0.3) is 0 Å². The standard InChI is InChI=1S/C7H10N4O2/c12-7(13)10-5-3-8-6-1-2-9-11(6)4-5/h1-2,5,8,10H,3-4H2,(H,12,13). The number of fused-ring (bicyclic) bond motifs is 1. The van der Waals surface area contributed by atoms with Crippen molar-refractivity contribution in [1.82, 2.24) is 15.1 Å². The van der Waals surface area contributed by atoms with Gasteiger partial charge in [-0.25, -0.2) is 9.48 Å². The van der Waals surface area contributed by atoms with Gasteiger partial charge in [-0.05, 0) is 0 Å². The van der Waals surface area contributed by atoms with Gasteiger partial charge in [0.2, 0.25) is 0 Å². The predicted molar refractivity (Wildman–Crippen MR) is 45.7 cm³/mol. The summed E-state index contributed by atoms with van der Waals surface area (Å²) in [5.41, 5.74) is 0. The van der Waals surface area contributed by atoms with E-state index in [9.17, 15) is 4.79 Å². The van der Waals surface area contributed by atoms with Crippen LogP contribution >= 0.6 is 0 Å². The Bertz CT molecular complexity index is 322. The summed E-state index contributed by atoms with van der Waals surface area (Å²) in [6.45, 7) is 1.19. The van der Waals surface area contributed by atoms with E-state index in [1.54, 1.807) is 10.9 Å². The Labute approximate surface area is 74.5 Å².